The minimum Gasteiger partial charge on any atom is -0.772 e. The van der Waals surface area contributed by atoms with Crippen molar-refractivity contribution in [3.05, 3.63) is 48.0 Å². The molecule has 2 N–H and O–H groups in total. The number of aromatic nitrogens is 3. The summed E-state index contributed by atoms with van der Waals surface area (Å²) in [5.41, 5.74) is -4.19. The van der Waals surface area contributed by atoms with E-state index >= 15 is 0 Å². The zero-order valence-electron chi connectivity index (χ0n) is 14.7. The number of benzene rings is 1. The third kappa shape index (κ3) is 4.76. The number of hydrogen-bond acceptors (Lipinski definition) is 6. The summed E-state index contributed by atoms with van der Waals surface area (Å²) >= 11 is -2.60. The SMILES string of the molecule is O=S([O-])CC1(C(Cn2cncn2)(OP(=O)(O)O)c2ccc(C(F)(F)F)cc2)CC1. The zero-order valence-corrected chi connectivity index (χ0v) is 16.4. The summed E-state index contributed by atoms with van der Waals surface area (Å²) in [4.78, 5) is 22.9. The fourth-order valence-electron chi connectivity index (χ4n) is 3.46. The summed E-state index contributed by atoms with van der Waals surface area (Å²) in [7, 11) is -5.20. The van der Waals surface area contributed by atoms with Gasteiger partial charge in [-0.15, -0.1) is 0 Å². The van der Waals surface area contributed by atoms with Crippen molar-refractivity contribution in [1.82, 2.24) is 14.8 Å². The van der Waals surface area contributed by atoms with E-state index in [4.69, 9.17) is 4.52 Å². The average molecular weight is 454 g/mol. The van der Waals surface area contributed by atoms with E-state index in [0.717, 1.165) is 30.6 Å². The van der Waals surface area contributed by atoms with E-state index in [1.165, 1.54) is 11.0 Å². The standard InChI is InChI=1S/C15H17F3N3O6PS/c16-15(17,18)12-3-1-11(2-4-12)14(27-28(22,23)24,7-21-10-19-9-20-21)13(5-6-13)8-29(25)26/h1-4,9-10H,5-8H2,(H,25,26)(H2,22,23,24)/p-1. The first kappa shape index (κ1) is 22.1. The highest BCUT2D eigenvalue weighted by Gasteiger charge is 2.63. The number of hydrogen-bond donors (Lipinski definition) is 2. The molecule has 0 bridgehead atoms. The largest absolute Gasteiger partial charge is 0.772 e. The molecule has 0 saturated heterocycles. The quantitative estimate of drug-likeness (QED) is 0.456. The van der Waals surface area contributed by atoms with Crippen molar-refractivity contribution < 1.29 is 40.8 Å². The van der Waals surface area contributed by atoms with Crippen molar-refractivity contribution in [2.75, 3.05) is 5.75 Å². The van der Waals surface area contributed by atoms with Gasteiger partial charge in [0.25, 0.3) is 0 Å². The van der Waals surface area contributed by atoms with Gasteiger partial charge >= 0.3 is 14.0 Å². The number of phosphoric ester groups is 1. The van der Waals surface area contributed by atoms with Crippen LogP contribution in [-0.2, 0) is 38.5 Å². The maximum Gasteiger partial charge on any atom is 0.470 e. The van der Waals surface area contributed by atoms with Crippen LogP contribution in [0.1, 0.15) is 24.0 Å². The Kier molecular flexibility index (Phi) is 5.75. The van der Waals surface area contributed by atoms with Crippen molar-refractivity contribution in [1.29, 1.82) is 0 Å². The number of halogens is 3. The van der Waals surface area contributed by atoms with Crippen molar-refractivity contribution in [3.63, 3.8) is 0 Å². The minimum absolute atomic E-state index is 0.00715. The van der Waals surface area contributed by atoms with E-state index in [-0.39, 0.29) is 24.9 Å². The van der Waals surface area contributed by atoms with Crippen LogP contribution < -0.4 is 0 Å². The molecule has 2 aromatic rings. The van der Waals surface area contributed by atoms with Gasteiger partial charge < -0.3 is 14.3 Å². The molecule has 14 heteroatoms. The second-order valence-electron chi connectivity index (χ2n) is 6.81. The van der Waals surface area contributed by atoms with Crippen LogP contribution in [0.5, 0.6) is 0 Å². The predicted octanol–water partition coefficient (Wildman–Crippen LogP) is 1.96. The van der Waals surface area contributed by atoms with Gasteiger partial charge in [0.1, 0.15) is 18.3 Å². The lowest BCUT2D eigenvalue weighted by Crippen LogP contribution is -2.45. The second-order valence-corrected chi connectivity index (χ2v) is 8.87. The van der Waals surface area contributed by atoms with E-state index < -0.39 is 47.4 Å². The Morgan fingerprint density at radius 1 is 1.24 bits per heavy atom. The molecule has 3 rings (SSSR count). The summed E-state index contributed by atoms with van der Waals surface area (Å²) in [6.45, 7) is -0.360. The summed E-state index contributed by atoms with van der Waals surface area (Å²) in [6.07, 6.45) is -1.77. The van der Waals surface area contributed by atoms with Crippen LogP contribution in [0.25, 0.3) is 0 Å². The fourth-order valence-corrected chi connectivity index (χ4v) is 5.19. The Morgan fingerprint density at radius 2 is 1.83 bits per heavy atom. The number of phosphoric acid groups is 1. The molecule has 1 heterocycles. The molecule has 1 aliphatic rings. The van der Waals surface area contributed by atoms with Crippen molar-refractivity contribution in [2.24, 2.45) is 5.41 Å². The molecule has 2 atom stereocenters. The molecule has 0 radical (unpaired) electrons. The first-order chi connectivity index (χ1) is 13.4. The Bertz CT molecular complexity index is 930. The smallest absolute Gasteiger partial charge is 0.470 e. The van der Waals surface area contributed by atoms with Crippen LogP contribution in [0.2, 0.25) is 0 Å². The van der Waals surface area contributed by atoms with Crippen LogP contribution >= 0.6 is 7.82 Å². The molecule has 0 amide bonds. The highest BCUT2D eigenvalue weighted by atomic mass is 32.2. The van der Waals surface area contributed by atoms with Gasteiger partial charge in [-0.1, -0.05) is 23.2 Å². The molecule has 1 aromatic heterocycles. The fraction of sp³-hybridized carbons (Fsp3) is 0.467. The molecule has 1 aromatic carbocycles. The Balaban J connectivity index is 2.17. The highest BCUT2D eigenvalue weighted by Crippen LogP contribution is 2.65. The lowest BCUT2D eigenvalue weighted by atomic mass is 9.79. The summed E-state index contributed by atoms with van der Waals surface area (Å²) in [5, 5.41) is 3.87. The molecule has 2 unspecified atom stereocenters. The molecular weight excluding hydrogens is 438 g/mol. The van der Waals surface area contributed by atoms with Crippen LogP contribution in [0, 0.1) is 5.41 Å². The summed E-state index contributed by atoms with van der Waals surface area (Å²) in [6, 6.07) is 3.56. The number of alkyl halides is 3. The maximum absolute atomic E-state index is 13.0. The van der Waals surface area contributed by atoms with Crippen molar-refractivity contribution >= 4 is 18.9 Å². The molecule has 160 valence electrons. The first-order valence-electron chi connectivity index (χ1n) is 8.19. The van der Waals surface area contributed by atoms with Gasteiger partial charge in [-0.2, -0.15) is 18.3 Å². The van der Waals surface area contributed by atoms with Crippen LogP contribution in [0.4, 0.5) is 13.2 Å². The third-order valence-corrected chi connectivity index (χ3v) is 6.25. The first-order valence-corrected chi connectivity index (χ1v) is 11.0. The molecule has 1 saturated carbocycles. The van der Waals surface area contributed by atoms with E-state index in [1.807, 2.05) is 0 Å². The van der Waals surface area contributed by atoms with E-state index in [9.17, 15) is 36.3 Å². The molecule has 1 fully saturated rings. The van der Waals surface area contributed by atoms with E-state index in [0.29, 0.717) is 0 Å². The van der Waals surface area contributed by atoms with Crippen LogP contribution in [-0.4, -0.2) is 39.1 Å². The molecule has 0 aliphatic heterocycles. The lowest BCUT2D eigenvalue weighted by Gasteiger charge is -2.41. The Morgan fingerprint density at radius 3 is 2.24 bits per heavy atom. The second kappa shape index (κ2) is 7.56. The van der Waals surface area contributed by atoms with E-state index in [2.05, 4.69) is 10.1 Å². The summed E-state index contributed by atoms with van der Waals surface area (Å²) < 4.78 is 79.9. The Labute approximate surface area is 165 Å². The lowest BCUT2D eigenvalue weighted by molar-refractivity contribution is -0.137. The minimum atomic E-state index is -5.20. The molecule has 1 aliphatic carbocycles. The van der Waals surface area contributed by atoms with E-state index in [1.54, 1.807) is 0 Å². The van der Waals surface area contributed by atoms with Crippen molar-refractivity contribution in [3.8, 4) is 0 Å². The highest BCUT2D eigenvalue weighted by molar-refractivity contribution is 7.79. The maximum atomic E-state index is 13.0. The molecule has 9 nitrogen and oxygen atoms in total. The normalized spacial score (nSPS) is 19.5. The third-order valence-electron chi connectivity index (χ3n) is 4.91. The number of nitrogens with zero attached hydrogens (tertiary/aromatic N) is 3. The predicted molar refractivity (Wildman–Crippen MR) is 91.7 cm³/mol. The van der Waals surface area contributed by atoms with Gasteiger partial charge in [0.2, 0.25) is 0 Å². The van der Waals surface area contributed by atoms with Gasteiger partial charge in [0, 0.05) is 11.2 Å². The molecule has 0 spiro atoms. The molecule has 29 heavy (non-hydrogen) atoms. The van der Waals surface area contributed by atoms with Gasteiger partial charge in [0.05, 0.1) is 12.1 Å². The van der Waals surface area contributed by atoms with Gasteiger partial charge in [0.15, 0.2) is 0 Å². The summed E-state index contributed by atoms with van der Waals surface area (Å²) in [5.74, 6) is -0.497. The Hall–Kier alpha value is -1.63. The topological polar surface area (TPSA) is 138 Å². The molecular formula is C15H16F3N3O6PS-. The monoisotopic (exact) mass is 454 g/mol. The van der Waals surface area contributed by atoms with Crippen molar-refractivity contribution in [2.45, 2.75) is 31.2 Å². The average Bonchev–Trinajstić information content (AvgIpc) is 3.18. The van der Waals surface area contributed by atoms with Gasteiger partial charge in [-0.25, -0.2) is 14.2 Å². The number of rotatable bonds is 8. The van der Waals surface area contributed by atoms with Gasteiger partial charge in [-0.3, -0.25) is 8.73 Å². The van der Waals surface area contributed by atoms with Gasteiger partial charge in [-0.05, 0) is 30.5 Å². The van der Waals surface area contributed by atoms with Crippen LogP contribution in [0.15, 0.2) is 36.9 Å². The zero-order chi connectivity index (χ0) is 21.5. The van der Waals surface area contributed by atoms with Crippen LogP contribution in [0.3, 0.4) is 0 Å².